The highest BCUT2D eigenvalue weighted by Gasteiger charge is 1.99. The van der Waals surface area contributed by atoms with Crippen LogP contribution < -0.4 is 0 Å². The Balaban J connectivity index is -0.000000285. The Bertz CT molecular complexity index is 291. The SMILES string of the molecule is C=O.CC.CC.O=Cc1ccc(C(=O)O)cc1. The number of carboxylic acid groups (broad SMARTS) is 1. The van der Waals surface area contributed by atoms with Crippen molar-refractivity contribution in [2.24, 2.45) is 0 Å². The topological polar surface area (TPSA) is 71.4 Å². The first-order valence-electron chi connectivity index (χ1n) is 5.31. The third kappa shape index (κ3) is 10.3. The summed E-state index contributed by atoms with van der Waals surface area (Å²) in [6.07, 6.45) is 0.672. The van der Waals surface area contributed by atoms with E-state index in [1.807, 2.05) is 34.5 Å². The zero-order chi connectivity index (χ0) is 14.3. The van der Waals surface area contributed by atoms with Gasteiger partial charge in [0.25, 0.3) is 0 Å². The average molecular weight is 240 g/mol. The van der Waals surface area contributed by atoms with E-state index in [1.54, 1.807) is 0 Å². The zero-order valence-electron chi connectivity index (χ0n) is 10.8. The molecule has 0 radical (unpaired) electrons. The molecular formula is C13H20O4. The summed E-state index contributed by atoms with van der Waals surface area (Å²) < 4.78 is 0. The highest BCUT2D eigenvalue weighted by Crippen LogP contribution is 2.01. The van der Waals surface area contributed by atoms with E-state index < -0.39 is 5.97 Å². The Morgan fingerprint density at radius 3 is 1.65 bits per heavy atom. The van der Waals surface area contributed by atoms with Crippen LogP contribution in [0, 0.1) is 0 Å². The van der Waals surface area contributed by atoms with Crippen molar-refractivity contribution in [3.05, 3.63) is 35.4 Å². The monoisotopic (exact) mass is 240 g/mol. The fourth-order valence-electron chi connectivity index (χ4n) is 0.704. The molecule has 0 amide bonds. The van der Waals surface area contributed by atoms with E-state index in [9.17, 15) is 9.59 Å². The van der Waals surface area contributed by atoms with Gasteiger partial charge < -0.3 is 9.90 Å². The number of rotatable bonds is 2. The maximum absolute atomic E-state index is 10.3. The minimum Gasteiger partial charge on any atom is -0.478 e. The summed E-state index contributed by atoms with van der Waals surface area (Å²) in [6.45, 7) is 10.0. The van der Waals surface area contributed by atoms with Gasteiger partial charge in [-0.15, -0.1) is 0 Å². The zero-order valence-corrected chi connectivity index (χ0v) is 10.8. The van der Waals surface area contributed by atoms with Crippen LogP contribution in [0.2, 0.25) is 0 Å². The Morgan fingerprint density at radius 1 is 1.06 bits per heavy atom. The number of hydrogen-bond acceptors (Lipinski definition) is 3. The molecule has 0 aliphatic rings. The van der Waals surface area contributed by atoms with Crippen molar-refractivity contribution < 1.29 is 19.5 Å². The summed E-state index contributed by atoms with van der Waals surface area (Å²) in [5.41, 5.74) is 0.672. The molecule has 0 aromatic heterocycles. The molecule has 0 spiro atoms. The fraction of sp³-hybridized carbons (Fsp3) is 0.308. The van der Waals surface area contributed by atoms with Crippen molar-refractivity contribution in [1.29, 1.82) is 0 Å². The van der Waals surface area contributed by atoms with E-state index in [4.69, 9.17) is 9.90 Å². The van der Waals surface area contributed by atoms with Crippen LogP contribution in [0.25, 0.3) is 0 Å². The second-order valence-electron chi connectivity index (χ2n) is 2.05. The van der Waals surface area contributed by atoms with Gasteiger partial charge in [0.1, 0.15) is 13.1 Å². The third-order valence-electron chi connectivity index (χ3n) is 1.29. The van der Waals surface area contributed by atoms with Crippen LogP contribution >= 0.6 is 0 Å². The van der Waals surface area contributed by atoms with Crippen molar-refractivity contribution >= 4 is 19.0 Å². The van der Waals surface area contributed by atoms with Gasteiger partial charge in [0.2, 0.25) is 0 Å². The lowest BCUT2D eigenvalue weighted by Gasteiger charge is -1.92. The largest absolute Gasteiger partial charge is 0.478 e. The first kappa shape index (κ1) is 20.4. The summed E-state index contributed by atoms with van der Waals surface area (Å²) in [4.78, 5) is 28.5. The lowest BCUT2D eigenvalue weighted by Crippen LogP contribution is -1.95. The number of aromatic carboxylic acids is 1. The molecule has 0 saturated heterocycles. The summed E-state index contributed by atoms with van der Waals surface area (Å²) >= 11 is 0. The molecule has 0 aliphatic heterocycles. The molecule has 1 aromatic rings. The van der Waals surface area contributed by atoms with Crippen LogP contribution in [0.3, 0.4) is 0 Å². The molecule has 17 heavy (non-hydrogen) atoms. The highest BCUT2D eigenvalue weighted by molar-refractivity contribution is 5.88. The predicted molar refractivity (Wildman–Crippen MR) is 68.6 cm³/mol. The van der Waals surface area contributed by atoms with Gasteiger partial charge in [-0.2, -0.15) is 0 Å². The minimum atomic E-state index is -0.984. The van der Waals surface area contributed by atoms with Crippen LogP contribution in [0.5, 0.6) is 0 Å². The van der Waals surface area contributed by atoms with E-state index in [1.165, 1.54) is 24.3 Å². The Hall–Kier alpha value is -1.97. The molecule has 1 rings (SSSR count). The van der Waals surface area contributed by atoms with E-state index >= 15 is 0 Å². The summed E-state index contributed by atoms with van der Waals surface area (Å²) in [7, 11) is 0. The maximum Gasteiger partial charge on any atom is 0.335 e. The quantitative estimate of drug-likeness (QED) is 0.806. The summed E-state index contributed by atoms with van der Waals surface area (Å²) in [6, 6.07) is 5.73. The fourth-order valence-corrected chi connectivity index (χ4v) is 0.704. The molecule has 4 nitrogen and oxygen atoms in total. The minimum absolute atomic E-state index is 0.190. The molecule has 0 aliphatic carbocycles. The van der Waals surface area contributed by atoms with Gasteiger partial charge in [0.15, 0.2) is 0 Å². The Morgan fingerprint density at radius 2 is 1.41 bits per heavy atom. The molecule has 0 unspecified atom stereocenters. The molecule has 0 atom stereocenters. The number of aldehydes is 1. The number of hydrogen-bond donors (Lipinski definition) is 1. The van der Waals surface area contributed by atoms with Crippen molar-refractivity contribution in [2.45, 2.75) is 27.7 Å². The predicted octanol–water partition coefficient (Wildman–Crippen LogP) is 3.06. The Kier molecular flexibility index (Phi) is 19.8. The van der Waals surface area contributed by atoms with E-state index in [0.717, 1.165) is 0 Å². The molecule has 4 heteroatoms. The first-order valence-corrected chi connectivity index (χ1v) is 5.31. The van der Waals surface area contributed by atoms with Crippen LogP contribution in [-0.4, -0.2) is 24.2 Å². The molecule has 0 bridgehead atoms. The number of carbonyl (C=O) groups excluding carboxylic acids is 2. The highest BCUT2D eigenvalue weighted by atomic mass is 16.4. The van der Waals surface area contributed by atoms with Crippen LogP contribution in [0.15, 0.2) is 24.3 Å². The normalized spacial score (nSPS) is 6.82. The van der Waals surface area contributed by atoms with Gasteiger partial charge in [-0.05, 0) is 12.1 Å². The molecule has 1 N–H and O–H groups in total. The number of benzene rings is 1. The summed E-state index contributed by atoms with van der Waals surface area (Å²) in [5, 5.41) is 8.46. The van der Waals surface area contributed by atoms with Crippen molar-refractivity contribution in [3.8, 4) is 0 Å². The molecule has 96 valence electrons. The van der Waals surface area contributed by atoms with Crippen LogP contribution in [0.4, 0.5) is 0 Å². The lowest BCUT2D eigenvalue weighted by atomic mass is 10.1. The van der Waals surface area contributed by atoms with Crippen molar-refractivity contribution in [3.63, 3.8) is 0 Å². The van der Waals surface area contributed by atoms with Gasteiger partial charge in [-0.3, -0.25) is 4.79 Å². The second kappa shape index (κ2) is 16.5. The molecule has 0 fully saturated rings. The van der Waals surface area contributed by atoms with Crippen molar-refractivity contribution in [1.82, 2.24) is 0 Å². The number of carboxylic acids is 1. The lowest BCUT2D eigenvalue weighted by molar-refractivity contribution is -0.0980. The van der Waals surface area contributed by atoms with E-state index in [0.29, 0.717) is 11.8 Å². The second-order valence-corrected chi connectivity index (χ2v) is 2.05. The molecule has 0 saturated carbocycles. The van der Waals surface area contributed by atoms with Gasteiger partial charge >= 0.3 is 5.97 Å². The van der Waals surface area contributed by atoms with Gasteiger partial charge in [0.05, 0.1) is 5.56 Å². The van der Waals surface area contributed by atoms with Crippen molar-refractivity contribution in [2.75, 3.05) is 0 Å². The standard InChI is InChI=1S/C8H6O3.2C2H6.CH2O/c9-5-6-1-3-7(4-2-6)8(10)11;3*1-2/h1-5H,(H,10,11);2*1-2H3;1H2. The molecule has 1 aromatic carbocycles. The first-order chi connectivity index (χ1) is 8.24. The maximum atomic E-state index is 10.3. The van der Waals surface area contributed by atoms with Gasteiger partial charge in [-0.25, -0.2) is 4.79 Å². The van der Waals surface area contributed by atoms with Crippen LogP contribution in [0.1, 0.15) is 48.4 Å². The summed E-state index contributed by atoms with van der Waals surface area (Å²) in [5.74, 6) is -0.984. The van der Waals surface area contributed by atoms with E-state index in [-0.39, 0.29) is 5.56 Å². The molecule has 0 heterocycles. The molecular weight excluding hydrogens is 220 g/mol. The number of carbonyl (C=O) groups is 3. The smallest absolute Gasteiger partial charge is 0.335 e. The van der Waals surface area contributed by atoms with Crippen LogP contribution in [-0.2, 0) is 4.79 Å². The van der Waals surface area contributed by atoms with Gasteiger partial charge in [0, 0.05) is 5.56 Å². The van der Waals surface area contributed by atoms with E-state index in [2.05, 4.69) is 0 Å². The third-order valence-corrected chi connectivity index (χ3v) is 1.29. The van der Waals surface area contributed by atoms with Gasteiger partial charge in [-0.1, -0.05) is 39.8 Å². The Labute approximate surface area is 102 Å². The average Bonchev–Trinajstić information content (AvgIpc) is 2.45.